The van der Waals surface area contributed by atoms with Crippen molar-refractivity contribution in [1.82, 2.24) is 40.4 Å². The smallest absolute Gasteiger partial charge is 0.407 e. The molecule has 0 bridgehead atoms. The number of aromatic amines is 2. The highest BCUT2D eigenvalue weighted by Gasteiger charge is 2.49. The van der Waals surface area contributed by atoms with Crippen LogP contribution in [0.3, 0.4) is 0 Å². The van der Waals surface area contributed by atoms with Gasteiger partial charge in [0.25, 0.3) is 11.8 Å². The lowest BCUT2D eigenvalue weighted by Gasteiger charge is -2.36. The molecule has 2 aromatic carbocycles. The maximum absolute atomic E-state index is 14.5. The lowest BCUT2D eigenvalue weighted by atomic mass is 9.72. The number of benzene rings is 2. The van der Waals surface area contributed by atoms with Crippen LogP contribution in [0.1, 0.15) is 89.2 Å². The summed E-state index contributed by atoms with van der Waals surface area (Å²) in [4.78, 5) is 64.5. The molecular formula is C47H60F4N8O7. The molecule has 8 rings (SSSR count). The molecule has 19 heteroatoms. The van der Waals surface area contributed by atoms with Crippen molar-refractivity contribution in [2.45, 2.75) is 102 Å². The lowest BCUT2D eigenvalue weighted by Crippen LogP contribution is -2.51. The number of hydrogen-bond donors (Lipinski definition) is 4. The number of nitrogens with zero attached hydrogens (tertiary/aromatic N) is 4. The van der Waals surface area contributed by atoms with Gasteiger partial charge in [-0.3, -0.25) is 9.59 Å². The summed E-state index contributed by atoms with van der Waals surface area (Å²) in [5, 5.41) is 4.64. The van der Waals surface area contributed by atoms with Crippen molar-refractivity contribution in [2.75, 3.05) is 53.6 Å². The molecule has 4 aliphatic rings. The molecule has 66 heavy (non-hydrogen) atoms. The summed E-state index contributed by atoms with van der Waals surface area (Å²) in [5.41, 5.74) is 8.89. The molecule has 4 N–H and O–H groups in total. The monoisotopic (exact) mass is 924 g/mol. The van der Waals surface area contributed by atoms with Crippen molar-refractivity contribution in [3.63, 3.8) is 0 Å². The SMILES string of the molecule is CCC.COC(=O)NC(C(=O)N1CCC(F)(F)C1)C(C)C.COC(=O)NCC(=O)N1CC(F)(F)CC1c1ncc(-c2ccc(-c3ccc(-c4cnc[nH]4)c4c3C3(CCOCC3)CC4)cc2)[nH]1. The van der Waals surface area contributed by atoms with E-state index in [1.165, 1.54) is 35.8 Å². The number of carbonyl (C=O) groups is 4. The van der Waals surface area contributed by atoms with Gasteiger partial charge in [0.15, 0.2) is 0 Å². The highest BCUT2D eigenvalue weighted by atomic mass is 19.3. The molecule has 1 aliphatic carbocycles. The zero-order valence-corrected chi connectivity index (χ0v) is 38.3. The minimum absolute atomic E-state index is 0.0118. The Kier molecular flexibility index (Phi) is 15.8. The maximum atomic E-state index is 14.5. The zero-order chi connectivity index (χ0) is 47.8. The van der Waals surface area contributed by atoms with Gasteiger partial charge in [-0.1, -0.05) is 70.5 Å². The third-order valence-corrected chi connectivity index (χ3v) is 12.4. The third-order valence-electron chi connectivity index (χ3n) is 12.4. The van der Waals surface area contributed by atoms with Crippen LogP contribution >= 0.6 is 0 Å². The molecule has 0 radical (unpaired) electrons. The molecule has 5 heterocycles. The van der Waals surface area contributed by atoms with Gasteiger partial charge < -0.3 is 44.6 Å². The van der Waals surface area contributed by atoms with E-state index in [-0.39, 0.29) is 30.1 Å². The first-order valence-electron chi connectivity index (χ1n) is 22.3. The van der Waals surface area contributed by atoms with Crippen molar-refractivity contribution in [2.24, 2.45) is 5.92 Å². The van der Waals surface area contributed by atoms with Crippen LogP contribution in [0, 0.1) is 5.92 Å². The van der Waals surface area contributed by atoms with Gasteiger partial charge in [0, 0.05) is 43.6 Å². The summed E-state index contributed by atoms with van der Waals surface area (Å²) < 4.78 is 69.7. The average molecular weight is 925 g/mol. The number of fused-ring (bicyclic) bond motifs is 2. The number of methoxy groups -OCH3 is 2. The predicted octanol–water partition coefficient (Wildman–Crippen LogP) is 8.04. The Morgan fingerprint density at radius 2 is 1.53 bits per heavy atom. The van der Waals surface area contributed by atoms with E-state index < -0.39 is 74.0 Å². The largest absolute Gasteiger partial charge is 0.453 e. The van der Waals surface area contributed by atoms with Gasteiger partial charge >= 0.3 is 12.2 Å². The molecule has 3 aliphatic heterocycles. The summed E-state index contributed by atoms with van der Waals surface area (Å²) in [6, 6.07) is 10.8. The number of carbonyl (C=O) groups excluding carboxylic acids is 4. The Labute approximate surface area is 381 Å². The topological polar surface area (TPSA) is 184 Å². The van der Waals surface area contributed by atoms with E-state index in [1.54, 1.807) is 26.4 Å². The number of hydrogen-bond acceptors (Lipinski definition) is 9. The van der Waals surface area contributed by atoms with Crippen LogP contribution in [-0.2, 0) is 35.6 Å². The standard InChI is InChI=1S/C33H34F2N6O4.C11H18F2N2O3.C3H8/c1-44-31(43)38-17-28(42)41-18-33(34,35)14-27(41)30-37-16-25(40-30)21-4-2-20(3-5-21)22-6-7-23(26-15-36-19-39-26)24-8-9-32(29(22)24)10-12-45-13-11-32;1-7(2)8(14-10(17)18-3)9(16)15-5-4-11(12,13)6-15;1-3-2/h2-7,15-16,19,27H,8-14,17-18H2,1H3,(H,36,39)(H,37,40)(H,38,43);7-8H,4-6H2,1-3H3,(H,14,17);3H2,1-2H3. The van der Waals surface area contributed by atoms with Gasteiger partial charge in [-0.25, -0.2) is 37.1 Å². The van der Waals surface area contributed by atoms with Crippen LogP contribution in [0.5, 0.6) is 0 Å². The normalized spacial score (nSPS) is 19.2. The van der Waals surface area contributed by atoms with Crippen LogP contribution in [0.15, 0.2) is 55.1 Å². The first-order valence-corrected chi connectivity index (χ1v) is 22.3. The molecule has 358 valence electrons. The fourth-order valence-corrected chi connectivity index (χ4v) is 9.11. The Bertz CT molecular complexity index is 2300. The number of rotatable bonds is 9. The summed E-state index contributed by atoms with van der Waals surface area (Å²) >= 11 is 0. The van der Waals surface area contributed by atoms with Gasteiger partial charge in [0.05, 0.1) is 63.5 Å². The second kappa shape index (κ2) is 21.1. The predicted molar refractivity (Wildman–Crippen MR) is 238 cm³/mol. The number of imidazole rings is 2. The summed E-state index contributed by atoms with van der Waals surface area (Å²) in [6.45, 7) is 7.45. The molecule has 15 nitrogen and oxygen atoms in total. The molecule has 1 spiro atoms. The summed E-state index contributed by atoms with van der Waals surface area (Å²) in [5.74, 6) is -6.97. The number of amides is 4. The fourth-order valence-electron chi connectivity index (χ4n) is 9.11. The Hall–Kier alpha value is -5.98. The van der Waals surface area contributed by atoms with Crippen molar-refractivity contribution in [3.8, 4) is 33.6 Å². The van der Waals surface area contributed by atoms with E-state index in [0.29, 0.717) is 5.69 Å². The number of H-pyrrole nitrogens is 2. The quantitative estimate of drug-likeness (QED) is 0.121. The maximum Gasteiger partial charge on any atom is 0.407 e. The van der Waals surface area contributed by atoms with Gasteiger partial charge in [0.1, 0.15) is 18.4 Å². The van der Waals surface area contributed by atoms with Gasteiger partial charge in [-0.2, -0.15) is 0 Å². The highest BCUT2D eigenvalue weighted by molar-refractivity contribution is 5.86. The molecule has 2 atom stereocenters. The third kappa shape index (κ3) is 11.3. The van der Waals surface area contributed by atoms with E-state index in [1.807, 2.05) is 18.3 Å². The first kappa shape index (κ1) is 49.5. The Morgan fingerprint density at radius 1 is 0.864 bits per heavy atom. The fraction of sp³-hybridized carbons (Fsp3) is 0.532. The van der Waals surface area contributed by atoms with E-state index in [2.05, 4.69) is 78.2 Å². The molecule has 3 saturated heterocycles. The van der Waals surface area contributed by atoms with Crippen LogP contribution < -0.4 is 10.6 Å². The lowest BCUT2D eigenvalue weighted by molar-refractivity contribution is -0.135. The van der Waals surface area contributed by atoms with Crippen molar-refractivity contribution in [3.05, 3.63) is 72.1 Å². The summed E-state index contributed by atoms with van der Waals surface area (Å²) in [7, 11) is 2.35. The zero-order valence-electron chi connectivity index (χ0n) is 38.3. The minimum atomic E-state index is -3.07. The minimum Gasteiger partial charge on any atom is -0.453 e. The van der Waals surface area contributed by atoms with Crippen LogP contribution in [0.2, 0.25) is 0 Å². The molecule has 4 aromatic rings. The van der Waals surface area contributed by atoms with Gasteiger partial charge in [0.2, 0.25) is 11.8 Å². The second-order valence-corrected chi connectivity index (χ2v) is 17.5. The number of alkyl carbamates (subject to hydrolysis) is 2. The molecule has 0 saturated carbocycles. The summed E-state index contributed by atoms with van der Waals surface area (Å²) in [6.07, 6.45) is 8.08. The van der Waals surface area contributed by atoms with E-state index in [4.69, 9.17) is 4.74 Å². The number of aromatic nitrogens is 4. The van der Waals surface area contributed by atoms with Crippen molar-refractivity contribution >= 4 is 24.0 Å². The number of ether oxygens (including phenoxy) is 3. The second-order valence-electron chi connectivity index (χ2n) is 17.5. The van der Waals surface area contributed by atoms with Crippen molar-refractivity contribution < 1.29 is 51.0 Å². The van der Waals surface area contributed by atoms with Crippen LogP contribution in [0.4, 0.5) is 27.2 Å². The number of alkyl halides is 4. The Balaban J connectivity index is 0.000000288. The number of likely N-dealkylation sites (tertiary alicyclic amines) is 2. The Morgan fingerprint density at radius 3 is 2.14 bits per heavy atom. The van der Waals surface area contributed by atoms with Crippen LogP contribution in [0.25, 0.3) is 33.6 Å². The highest BCUT2D eigenvalue weighted by Crippen LogP contribution is 2.52. The van der Waals surface area contributed by atoms with Gasteiger partial charge in [-0.15, -0.1) is 0 Å². The van der Waals surface area contributed by atoms with E-state index >= 15 is 0 Å². The van der Waals surface area contributed by atoms with Gasteiger partial charge in [-0.05, 0) is 59.4 Å². The molecule has 2 unspecified atom stereocenters. The average Bonchev–Trinajstić information content (AvgIpc) is 4.17. The van der Waals surface area contributed by atoms with E-state index in [9.17, 15) is 36.7 Å². The molecule has 3 fully saturated rings. The molecule has 4 amide bonds. The molecular weight excluding hydrogens is 865 g/mol. The van der Waals surface area contributed by atoms with Crippen LogP contribution in [-0.4, -0.2) is 125 Å². The van der Waals surface area contributed by atoms with Crippen molar-refractivity contribution in [1.29, 1.82) is 0 Å². The van der Waals surface area contributed by atoms with E-state index in [0.717, 1.165) is 72.6 Å². The first-order chi connectivity index (χ1) is 31.4. The molecule has 2 aromatic heterocycles. The number of nitrogens with one attached hydrogen (secondary N) is 4. The number of halogens is 4.